The van der Waals surface area contributed by atoms with Gasteiger partial charge in [-0.2, -0.15) is 0 Å². The first kappa shape index (κ1) is 18.5. The van der Waals surface area contributed by atoms with Gasteiger partial charge in [-0.15, -0.1) is 0 Å². The van der Waals surface area contributed by atoms with E-state index >= 15 is 0 Å². The average Bonchev–Trinajstić information content (AvgIpc) is 3.18. The van der Waals surface area contributed by atoms with E-state index in [0.29, 0.717) is 6.54 Å². The predicted molar refractivity (Wildman–Crippen MR) is 107 cm³/mol. The third-order valence-corrected chi connectivity index (χ3v) is 5.07. The summed E-state index contributed by atoms with van der Waals surface area (Å²) < 4.78 is 2.02. The molecular formula is C21H30N4O. The van der Waals surface area contributed by atoms with Gasteiger partial charge in [0.15, 0.2) is 0 Å². The van der Waals surface area contributed by atoms with Crippen LogP contribution >= 0.6 is 0 Å². The Morgan fingerprint density at radius 1 is 1.12 bits per heavy atom. The van der Waals surface area contributed by atoms with E-state index in [1.54, 1.807) is 0 Å². The minimum absolute atomic E-state index is 0.138. The minimum atomic E-state index is -0.138. The summed E-state index contributed by atoms with van der Waals surface area (Å²) in [5.41, 5.74) is 1.83. The number of benzene rings is 1. The number of likely N-dealkylation sites (tertiary alicyclic amines) is 1. The molecule has 26 heavy (non-hydrogen) atoms. The number of rotatable bonds is 7. The molecule has 1 saturated heterocycles. The van der Waals surface area contributed by atoms with Gasteiger partial charge in [0, 0.05) is 30.3 Å². The highest BCUT2D eigenvalue weighted by molar-refractivity contribution is 5.89. The van der Waals surface area contributed by atoms with Crippen LogP contribution in [0.5, 0.6) is 0 Å². The molecule has 0 aliphatic carbocycles. The number of carbonyl (C=O) groups excluding carboxylic acids is 1. The number of hydrogen-bond acceptors (Lipinski definition) is 2. The second-order valence-electron chi connectivity index (χ2n) is 7.25. The lowest BCUT2D eigenvalue weighted by molar-refractivity contribution is 0.189. The van der Waals surface area contributed by atoms with Crippen LogP contribution in [-0.2, 0) is 0 Å². The average molecular weight is 354 g/mol. The Labute approximate surface area is 156 Å². The number of nitrogens with one attached hydrogen (secondary N) is 2. The lowest BCUT2D eigenvalue weighted by atomic mass is 9.99. The van der Waals surface area contributed by atoms with Crippen molar-refractivity contribution in [3.05, 3.63) is 48.8 Å². The molecule has 3 rings (SSSR count). The highest BCUT2D eigenvalue weighted by atomic mass is 16.2. The van der Waals surface area contributed by atoms with Crippen LogP contribution < -0.4 is 10.6 Å². The number of nitrogens with zero attached hydrogens (tertiary/aromatic N) is 2. The highest BCUT2D eigenvalue weighted by Gasteiger charge is 2.14. The molecule has 0 saturated carbocycles. The molecule has 2 amide bonds. The predicted octanol–water partition coefficient (Wildman–Crippen LogP) is 4.11. The van der Waals surface area contributed by atoms with Crippen molar-refractivity contribution < 1.29 is 4.79 Å². The Bertz CT molecular complexity index is 675. The zero-order valence-corrected chi connectivity index (χ0v) is 15.7. The summed E-state index contributed by atoms with van der Waals surface area (Å²) in [6.45, 7) is 6.66. The molecule has 1 aromatic carbocycles. The van der Waals surface area contributed by atoms with E-state index in [1.165, 1.54) is 25.9 Å². The first-order valence-electron chi connectivity index (χ1n) is 9.71. The minimum Gasteiger partial charge on any atom is -0.338 e. The molecule has 0 unspecified atom stereocenters. The summed E-state index contributed by atoms with van der Waals surface area (Å²) in [6, 6.07) is 11.7. The van der Waals surface area contributed by atoms with Crippen molar-refractivity contribution in [2.75, 3.05) is 31.5 Å². The summed E-state index contributed by atoms with van der Waals surface area (Å²) >= 11 is 0. The van der Waals surface area contributed by atoms with E-state index in [2.05, 4.69) is 22.5 Å². The van der Waals surface area contributed by atoms with E-state index in [4.69, 9.17) is 0 Å². The molecule has 0 bridgehead atoms. The maximum Gasteiger partial charge on any atom is 0.319 e. The fourth-order valence-electron chi connectivity index (χ4n) is 3.37. The zero-order chi connectivity index (χ0) is 18.2. The van der Waals surface area contributed by atoms with Crippen molar-refractivity contribution in [2.24, 2.45) is 5.92 Å². The largest absolute Gasteiger partial charge is 0.338 e. The normalized spacial score (nSPS) is 15.7. The molecule has 0 atom stereocenters. The number of amides is 2. The van der Waals surface area contributed by atoms with Crippen LogP contribution in [0.15, 0.2) is 48.8 Å². The van der Waals surface area contributed by atoms with Gasteiger partial charge in [0.2, 0.25) is 0 Å². The number of piperidine rings is 1. The molecule has 0 radical (unpaired) electrons. The standard InChI is InChI=1S/C21H30N4O/c1-18-9-15-24(16-10-18)12-3-2-11-22-21(26)23-19-7-6-8-20(17-19)25-13-4-5-14-25/h4-8,13-14,17-18H,2-3,9-12,15-16H2,1H3,(H2,22,23,26). The molecule has 5 nitrogen and oxygen atoms in total. The second kappa shape index (κ2) is 9.43. The summed E-state index contributed by atoms with van der Waals surface area (Å²) in [4.78, 5) is 14.6. The maximum atomic E-state index is 12.1. The molecule has 1 aromatic heterocycles. The number of urea groups is 1. The van der Waals surface area contributed by atoms with Crippen LogP contribution in [0.1, 0.15) is 32.6 Å². The second-order valence-corrected chi connectivity index (χ2v) is 7.25. The van der Waals surface area contributed by atoms with Crippen LogP contribution in [-0.4, -0.2) is 41.7 Å². The molecular weight excluding hydrogens is 324 g/mol. The zero-order valence-electron chi connectivity index (χ0n) is 15.7. The van der Waals surface area contributed by atoms with Crippen molar-refractivity contribution in [2.45, 2.75) is 32.6 Å². The molecule has 2 N–H and O–H groups in total. The smallest absolute Gasteiger partial charge is 0.319 e. The molecule has 2 aromatic rings. The van der Waals surface area contributed by atoms with E-state index in [-0.39, 0.29) is 6.03 Å². The highest BCUT2D eigenvalue weighted by Crippen LogP contribution is 2.16. The van der Waals surface area contributed by atoms with Gasteiger partial charge in [0.05, 0.1) is 0 Å². The van der Waals surface area contributed by atoms with Gasteiger partial charge >= 0.3 is 6.03 Å². The van der Waals surface area contributed by atoms with E-state index in [0.717, 1.165) is 36.7 Å². The summed E-state index contributed by atoms with van der Waals surface area (Å²) in [5, 5.41) is 5.87. The number of anilines is 1. The molecule has 5 heteroatoms. The lowest BCUT2D eigenvalue weighted by Gasteiger charge is -2.30. The van der Waals surface area contributed by atoms with Crippen LogP contribution in [0.2, 0.25) is 0 Å². The SMILES string of the molecule is CC1CCN(CCCCNC(=O)Nc2cccc(-n3cccc3)c2)CC1. The molecule has 1 fully saturated rings. The first-order chi connectivity index (χ1) is 12.7. The summed E-state index contributed by atoms with van der Waals surface area (Å²) in [6.07, 6.45) is 8.77. The van der Waals surface area contributed by atoms with E-state index < -0.39 is 0 Å². The Hall–Kier alpha value is -2.27. The summed E-state index contributed by atoms with van der Waals surface area (Å²) in [7, 11) is 0. The van der Waals surface area contributed by atoms with Crippen LogP contribution in [0.4, 0.5) is 10.5 Å². The van der Waals surface area contributed by atoms with E-state index in [9.17, 15) is 4.79 Å². The van der Waals surface area contributed by atoms with Gasteiger partial charge in [0.25, 0.3) is 0 Å². The van der Waals surface area contributed by atoms with Crippen molar-refractivity contribution in [3.8, 4) is 5.69 Å². The first-order valence-corrected chi connectivity index (χ1v) is 9.71. The van der Waals surface area contributed by atoms with Gasteiger partial charge in [-0.1, -0.05) is 13.0 Å². The van der Waals surface area contributed by atoms with Crippen molar-refractivity contribution >= 4 is 11.7 Å². The Kier molecular flexibility index (Phi) is 6.72. The van der Waals surface area contributed by atoms with Gasteiger partial charge < -0.3 is 20.1 Å². The fraction of sp³-hybridized carbons (Fsp3) is 0.476. The maximum absolute atomic E-state index is 12.1. The van der Waals surface area contributed by atoms with Crippen molar-refractivity contribution in [1.82, 2.24) is 14.8 Å². The lowest BCUT2D eigenvalue weighted by Crippen LogP contribution is -2.34. The van der Waals surface area contributed by atoms with Crippen molar-refractivity contribution in [1.29, 1.82) is 0 Å². The summed E-state index contributed by atoms with van der Waals surface area (Å²) in [5.74, 6) is 0.882. The molecule has 2 heterocycles. The topological polar surface area (TPSA) is 49.3 Å². The number of aromatic nitrogens is 1. The Morgan fingerprint density at radius 3 is 2.65 bits per heavy atom. The number of unbranched alkanes of at least 4 members (excludes halogenated alkanes) is 1. The molecule has 1 aliphatic heterocycles. The third kappa shape index (κ3) is 5.63. The third-order valence-electron chi connectivity index (χ3n) is 5.07. The molecule has 1 aliphatic rings. The van der Waals surface area contributed by atoms with Gasteiger partial charge in [-0.05, 0) is 81.6 Å². The van der Waals surface area contributed by atoms with Gasteiger partial charge in [0.1, 0.15) is 0 Å². The van der Waals surface area contributed by atoms with Crippen molar-refractivity contribution in [3.63, 3.8) is 0 Å². The van der Waals surface area contributed by atoms with Crippen LogP contribution in [0, 0.1) is 5.92 Å². The van der Waals surface area contributed by atoms with E-state index in [1.807, 2.05) is 53.4 Å². The number of hydrogen-bond donors (Lipinski definition) is 2. The monoisotopic (exact) mass is 354 g/mol. The van der Waals surface area contributed by atoms with Crippen LogP contribution in [0.25, 0.3) is 5.69 Å². The Balaban J connectivity index is 1.34. The van der Waals surface area contributed by atoms with Gasteiger partial charge in [-0.3, -0.25) is 0 Å². The quantitative estimate of drug-likeness (QED) is 0.735. The molecule has 0 spiro atoms. The Morgan fingerprint density at radius 2 is 1.88 bits per heavy atom. The fourth-order valence-corrected chi connectivity index (χ4v) is 3.37. The molecule has 140 valence electrons. The number of carbonyl (C=O) groups is 1. The van der Waals surface area contributed by atoms with Crippen LogP contribution in [0.3, 0.4) is 0 Å². The van der Waals surface area contributed by atoms with Gasteiger partial charge in [-0.25, -0.2) is 4.79 Å².